The van der Waals surface area contributed by atoms with Crippen LogP contribution in [0.15, 0.2) is 18.2 Å². The first-order chi connectivity index (χ1) is 7.88. The highest BCUT2D eigenvalue weighted by atomic mass is 19.4. The van der Waals surface area contributed by atoms with Crippen molar-refractivity contribution in [1.29, 1.82) is 0 Å². The summed E-state index contributed by atoms with van der Waals surface area (Å²) in [6, 6.07) is 2.44. The molecule has 0 bridgehead atoms. The molecule has 0 saturated heterocycles. The zero-order valence-corrected chi connectivity index (χ0v) is 9.31. The number of hydrogen-bond acceptors (Lipinski definition) is 1. The second-order valence-electron chi connectivity index (χ2n) is 4.46. The third-order valence-electron chi connectivity index (χ3n) is 3.01. The van der Waals surface area contributed by atoms with Gasteiger partial charge in [-0.25, -0.2) is 4.39 Å². The number of anilines is 1. The van der Waals surface area contributed by atoms with Crippen molar-refractivity contribution in [2.45, 2.75) is 32.0 Å². The lowest BCUT2D eigenvalue weighted by Crippen LogP contribution is -2.18. The van der Waals surface area contributed by atoms with Crippen LogP contribution in [0.2, 0.25) is 0 Å². The first-order valence-corrected chi connectivity index (χ1v) is 5.51. The predicted molar refractivity (Wildman–Crippen MR) is 57.2 cm³/mol. The Morgan fingerprint density at radius 2 is 1.94 bits per heavy atom. The van der Waals surface area contributed by atoms with Crippen molar-refractivity contribution in [2.75, 3.05) is 5.32 Å². The highest BCUT2D eigenvalue weighted by molar-refractivity contribution is 5.49. The van der Waals surface area contributed by atoms with Gasteiger partial charge < -0.3 is 5.32 Å². The summed E-state index contributed by atoms with van der Waals surface area (Å²) < 4.78 is 50.7. The van der Waals surface area contributed by atoms with E-state index in [9.17, 15) is 17.6 Å². The number of benzene rings is 1. The molecule has 1 aliphatic rings. The van der Waals surface area contributed by atoms with Gasteiger partial charge in [-0.15, -0.1) is 0 Å². The van der Waals surface area contributed by atoms with E-state index in [1.165, 1.54) is 0 Å². The highest BCUT2D eigenvalue weighted by Crippen LogP contribution is 2.36. The lowest BCUT2D eigenvalue weighted by molar-refractivity contribution is -0.137. The molecule has 2 rings (SSSR count). The number of hydrogen-bond donors (Lipinski definition) is 1. The molecular formula is C12H13F4N. The lowest BCUT2D eigenvalue weighted by Gasteiger charge is -2.16. The van der Waals surface area contributed by atoms with E-state index in [1.54, 1.807) is 0 Å². The van der Waals surface area contributed by atoms with Crippen LogP contribution in [0.3, 0.4) is 0 Å². The summed E-state index contributed by atoms with van der Waals surface area (Å²) in [7, 11) is 0. The Morgan fingerprint density at radius 1 is 1.29 bits per heavy atom. The quantitative estimate of drug-likeness (QED) is 0.794. The normalized spacial score (nSPS) is 17.9. The van der Waals surface area contributed by atoms with Gasteiger partial charge in [0, 0.05) is 6.04 Å². The van der Waals surface area contributed by atoms with Crippen LogP contribution in [0.5, 0.6) is 0 Å². The molecule has 0 amide bonds. The monoisotopic (exact) mass is 247 g/mol. The van der Waals surface area contributed by atoms with Crippen LogP contribution in [-0.4, -0.2) is 6.04 Å². The van der Waals surface area contributed by atoms with Gasteiger partial charge in [-0.05, 0) is 43.9 Å². The highest BCUT2D eigenvalue weighted by Gasteiger charge is 2.32. The van der Waals surface area contributed by atoms with Crippen LogP contribution in [0.1, 0.15) is 25.3 Å². The van der Waals surface area contributed by atoms with Gasteiger partial charge in [0.25, 0.3) is 0 Å². The van der Waals surface area contributed by atoms with Gasteiger partial charge in [-0.1, -0.05) is 0 Å². The maximum absolute atomic E-state index is 13.4. The second kappa shape index (κ2) is 4.20. The summed E-state index contributed by atoms with van der Waals surface area (Å²) in [6.45, 7) is 1.86. The van der Waals surface area contributed by atoms with E-state index >= 15 is 0 Å². The molecule has 0 spiro atoms. The van der Waals surface area contributed by atoms with Crippen molar-refractivity contribution in [3.63, 3.8) is 0 Å². The van der Waals surface area contributed by atoms with Gasteiger partial charge in [0.2, 0.25) is 0 Å². The van der Waals surface area contributed by atoms with E-state index in [-0.39, 0.29) is 11.7 Å². The summed E-state index contributed by atoms with van der Waals surface area (Å²) in [6.07, 6.45) is -2.34. The number of nitrogens with one attached hydrogen (secondary N) is 1. The zero-order chi connectivity index (χ0) is 12.6. The van der Waals surface area contributed by atoms with E-state index in [2.05, 4.69) is 5.32 Å². The van der Waals surface area contributed by atoms with E-state index < -0.39 is 17.6 Å². The van der Waals surface area contributed by atoms with Gasteiger partial charge in [-0.2, -0.15) is 13.2 Å². The molecule has 0 aromatic heterocycles. The third-order valence-corrected chi connectivity index (χ3v) is 3.01. The summed E-state index contributed by atoms with van der Waals surface area (Å²) >= 11 is 0. The van der Waals surface area contributed by atoms with Crippen molar-refractivity contribution >= 4 is 5.69 Å². The maximum Gasteiger partial charge on any atom is 0.416 e. The van der Waals surface area contributed by atoms with Crippen LogP contribution < -0.4 is 5.32 Å². The van der Waals surface area contributed by atoms with Crippen molar-refractivity contribution in [3.8, 4) is 0 Å². The number of rotatable bonds is 3. The summed E-state index contributed by atoms with van der Waals surface area (Å²) in [5.41, 5.74) is -0.899. The number of alkyl halides is 3. The largest absolute Gasteiger partial charge is 0.416 e. The molecule has 1 saturated carbocycles. The fourth-order valence-electron chi connectivity index (χ4n) is 1.77. The summed E-state index contributed by atoms with van der Waals surface area (Å²) in [5, 5.41) is 2.81. The molecule has 5 heteroatoms. The van der Waals surface area contributed by atoms with Crippen LogP contribution in [-0.2, 0) is 6.18 Å². The Morgan fingerprint density at radius 3 is 2.47 bits per heavy atom. The predicted octanol–water partition coefficient (Wildman–Crippen LogP) is 4.05. The average Bonchev–Trinajstić information content (AvgIpc) is 3.02. The van der Waals surface area contributed by atoms with E-state index in [1.807, 2.05) is 6.92 Å². The Kier molecular flexibility index (Phi) is 3.02. The second-order valence-corrected chi connectivity index (χ2v) is 4.46. The van der Waals surface area contributed by atoms with Gasteiger partial charge >= 0.3 is 6.18 Å². The Balaban J connectivity index is 2.19. The first-order valence-electron chi connectivity index (χ1n) is 5.51. The zero-order valence-electron chi connectivity index (χ0n) is 9.31. The Bertz CT molecular complexity index is 409. The van der Waals surface area contributed by atoms with Gasteiger partial charge in [0.15, 0.2) is 0 Å². The number of halogens is 4. The van der Waals surface area contributed by atoms with Crippen LogP contribution in [0.4, 0.5) is 23.2 Å². The van der Waals surface area contributed by atoms with Crippen LogP contribution in [0.25, 0.3) is 0 Å². The minimum Gasteiger partial charge on any atom is -0.380 e. The fraction of sp³-hybridized carbons (Fsp3) is 0.500. The van der Waals surface area contributed by atoms with Crippen molar-refractivity contribution in [2.24, 2.45) is 5.92 Å². The minimum absolute atomic E-state index is 0.00739. The van der Waals surface area contributed by atoms with Crippen LogP contribution in [0, 0.1) is 11.7 Å². The third kappa shape index (κ3) is 2.90. The standard InChI is InChI=1S/C12H13F4N/c1-7(8-2-3-8)17-11-6-9(12(14,15)16)4-5-10(11)13/h4-8,17H,2-3H2,1H3. The molecule has 0 aliphatic heterocycles. The average molecular weight is 247 g/mol. The molecule has 1 N–H and O–H groups in total. The van der Waals surface area contributed by atoms with Crippen molar-refractivity contribution in [3.05, 3.63) is 29.6 Å². The lowest BCUT2D eigenvalue weighted by atomic mass is 10.1. The minimum atomic E-state index is -4.44. The topological polar surface area (TPSA) is 12.0 Å². The van der Waals surface area contributed by atoms with Gasteiger partial charge in [0.1, 0.15) is 5.82 Å². The molecule has 0 radical (unpaired) electrons. The van der Waals surface area contributed by atoms with E-state index in [4.69, 9.17) is 0 Å². The molecular weight excluding hydrogens is 234 g/mol. The van der Waals surface area contributed by atoms with Crippen molar-refractivity contribution in [1.82, 2.24) is 0 Å². The molecule has 17 heavy (non-hydrogen) atoms. The fourth-order valence-corrected chi connectivity index (χ4v) is 1.77. The first kappa shape index (κ1) is 12.2. The molecule has 1 aliphatic carbocycles. The van der Waals surface area contributed by atoms with Gasteiger partial charge in [-0.3, -0.25) is 0 Å². The van der Waals surface area contributed by atoms with Crippen LogP contribution >= 0.6 is 0 Å². The molecule has 1 aromatic carbocycles. The van der Waals surface area contributed by atoms with Gasteiger partial charge in [0.05, 0.1) is 11.3 Å². The van der Waals surface area contributed by atoms with E-state index in [0.717, 1.165) is 31.0 Å². The molecule has 0 heterocycles. The Labute approximate surface area is 96.8 Å². The SMILES string of the molecule is CC(Nc1cc(C(F)(F)F)ccc1F)C1CC1. The molecule has 1 aromatic rings. The van der Waals surface area contributed by atoms with Crippen molar-refractivity contribution < 1.29 is 17.6 Å². The maximum atomic E-state index is 13.4. The summed E-state index contributed by atoms with van der Waals surface area (Å²) in [4.78, 5) is 0. The molecule has 1 unspecified atom stereocenters. The molecule has 1 atom stereocenters. The Hall–Kier alpha value is -1.26. The summed E-state index contributed by atoms with van der Waals surface area (Å²) in [5.74, 6) is -0.200. The molecule has 1 nitrogen and oxygen atoms in total. The van der Waals surface area contributed by atoms with E-state index in [0.29, 0.717) is 5.92 Å². The molecule has 94 valence electrons. The smallest absolute Gasteiger partial charge is 0.380 e. The molecule has 1 fully saturated rings.